The zero-order chi connectivity index (χ0) is 17.2. The number of urea groups is 1. The zero-order valence-corrected chi connectivity index (χ0v) is 13.2. The number of carboxylic acids is 1. The molecular formula is C14H17F3N2O3S. The van der Waals surface area contributed by atoms with Crippen molar-refractivity contribution in [3.63, 3.8) is 0 Å². The van der Waals surface area contributed by atoms with Crippen LogP contribution < -0.4 is 5.32 Å². The molecule has 0 spiro atoms. The van der Waals surface area contributed by atoms with Gasteiger partial charge in [-0.25, -0.2) is 4.79 Å². The first kappa shape index (κ1) is 17.6. The molecule has 1 aromatic heterocycles. The highest BCUT2D eigenvalue weighted by Crippen LogP contribution is 2.37. The van der Waals surface area contributed by atoms with E-state index < -0.39 is 43.1 Å². The van der Waals surface area contributed by atoms with E-state index >= 15 is 0 Å². The second-order valence-corrected chi connectivity index (χ2v) is 6.51. The normalized spacial score (nSPS) is 21.5. The minimum absolute atomic E-state index is 0.297. The van der Waals surface area contributed by atoms with Gasteiger partial charge in [-0.1, -0.05) is 0 Å². The van der Waals surface area contributed by atoms with Gasteiger partial charge < -0.3 is 15.3 Å². The molecule has 0 aliphatic carbocycles. The Bertz CT molecular complexity index is 588. The molecule has 2 atom stereocenters. The van der Waals surface area contributed by atoms with Crippen molar-refractivity contribution in [1.82, 2.24) is 10.2 Å². The summed E-state index contributed by atoms with van der Waals surface area (Å²) in [5.41, 5.74) is 1.11. The van der Waals surface area contributed by atoms with Crippen LogP contribution in [-0.2, 0) is 11.2 Å². The van der Waals surface area contributed by atoms with Crippen molar-refractivity contribution < 1.29 is 27.9 Å². The maximum atomic E-state index is 12.9. The molecule has 128 valence electrons. The van der Waals surface area contributed by atoms with Crippen molar-refractivity contribution in [1.29, 1.82) is 0 Å². The number of likely N-dealkylation sites (tertiary alicyclic amines) is 1. The van der Waals surface area contributed by atoms with Gasteiger partial charge in [-0.15, -0.1) is 11.3 Å². The van der Waals surface area contributed by atoms with Crippen molar-refractivity contribution in [3.05, 3.63) is 21.9 Å². The van der Waals surface area contributed by atoms with E-state index in [0.29, 0.717) is 13.0 Å². The Kier molecular flexibility index (Phi) is 5.18. The van der Waals surface area contributed by atoms with Gasteiger partial charge in [0.15, 0.2) is 0 Å². The lowest BCUT2D eigenvalue weighted by molar-refractivity contribution is -0.187. The predicted octanol–water partition coefficient (Wildman–Crippen LogP) is 2.50. The molecule has 5 nitrogen and oxygen atoms in total. The van der Waals surface area contributed by atoms with E-state index in [1.165, 1.54) is 0 Å². The third-order valence-corrected chi connectivity index (χ3v) is 5.02. The lowest BCUT2D eigenvalue weighted by Gasteiger charge is -2.18. The Morgan fingerprint density at radius 1 is 1.43 bits per heavy atom. The number of nitrogens with zero attached hydrogens (tertiary/aromatic N) is 1. The molecule has 0 radical (unpaired) electrons. The average molecular weight is 350 g/mol. The molecule has 2 amide bonds. The number of halogens is 3. The molecule has 1 aliphatic rings. The van der Waals surface area contributed by atoms with Gasteiger partial charge in [0.2, 0.25) is 0 Å². The minimum atomic E-state index is -4.63. The molecular weight excluding hydrogens is 333 g/mol. The maximum absolute atomic E-state index is 12.9. The largest absolute Gasteiger partial charge is 0.481 e. The highest BCUT2D eigenvalue weighted by Gasteiger charge is 2.53. The molecule has 1 aliphatic heterocycles. The third kappa shape index (κ3) is 4.15. The fourth-order valence-corrected chi connectivity index (χ4v) is 3.52. The molecule has 23 heavy (non-hydrogen) atoms. The Hall–Kier alpha value is -1.77. The van der Waals surface area contributed by atoms with Gasteiger partial charge in [0.25, 0.3) is 0 Å². The first-order valence-corrected chi connectivity index (χ1v) is 7.93. The number of rotatable bonds is 4. The summed E-state index contributed by atoms with van der Waals surface area (Å²) >= 11 is 1.55. The molecule has 0 aromatic carbocycles. The topological polar surface area (TPSA) is 69.6 Å². The first-order valence-electron chi connectivity index (χ1n) is 7.05. The highest BCUT2D eigenvalue weighted by molar-refractivity contribution is 7.10. The van der Waals surface area contributed by atoms with Crippen molar-refractivity contribution in [2.45, 2.75) is 19.5 Å². The molecule has 1 saturated heterocycles. The first-order chi connectivity index (χ1) is 10.7. The van der Waals surface area contributed by atoms with Crippen LogP contribution in [0.5, 0.6) is 0 Å². The number of hydrogen-bond acceptors (Lipinski definition) is 3. The molecule has 9 heteroatoms. The molecule has 1 aromatic rings. The van der Waals surface area contributed by atoms with E-state index in [2.05, 4.69) is 5.32 Å². The summed E-state index contributed by atoms with van der Waals surface area (Å²) in [6.45, 7) is 1.19. The molecule has 1 fully saturated rings. The number of thiophene rings is 1. The molecule has 0 saturated carbocycles. The fourth-order valence-electron chi connectivity index (χ4n) is 2.61. The number of aliphatic carboxylic acids is 1. The summed E-state index contributed by atoms with van der Waals surface area (Å²) in [5, 5.41) is 13.4. The van der Waals surface area contributed by atoms with Gasteiger partial charge in [0.05, 0.1) is 11.8 Å². The fraction of sp³-hybridized carbons (Fsp3) is 0.571. The number of hydrogen-bond donors (Lipinski definition) is 2. The Balaban J connectivity index is 1.90. The van der Waals surface area contributed by atoms with E-state index in [4.69, 9.17) is 5.11 Å². The standard InChI is InChI=1S/C14H17F3N2O3S/c1-8-3-5-23-11(8)2-4-18-13(22)19-6-9(12(20)21)10(7-19)14(15,16)17/h3,5,9-10H,2,4,6-7H2,1H3,(H,18,22)(H,20,21)/t9-,10-/m1/s1. The van der Waals surface area contributed by atoms with Crippen molar-refractivity contribution >= 4 is 23.3 Å². The number of aryl methyl sites for hydroxylation is 1. The van der Waals surface area contributed by atoms with Crippen LogP contribution in [0.4, 0.5) is 18.0 Å². The highest BCUT2D eigenvalue weighted by atomic mass is 32.1. The smallest absolute Gasteiger partial charge is 0.394 e. The third-order valence-electron chi connectivity index (χ3n) is 3.94. The number of carboxylic acid groups (broad SMARTS) is 1. The summed E-state index contributed by atoms with van der Waals surface area (Å²) in [7, 11) is 0. The Morgan fingerprint density at radius 3 is 2.61 bits per heavy atom. The number of amides is 2. The second-order valence-electron chi connectivity index (χ2n) is 5.51. The van der Waals surface area contributed by atoms with E-state index in [1.807, 2.05) is 18.4 Å². The minimum Gasteiger partial charge on any atom is -0.481 e. The van der Waals surface area contributed by atoms with E-state index in [0.717, 1.165) is 15.3 Å². The monoisotopic (exact) mass is 350 g/mol. The Morgan fingerprint density at radius 2 is 2.13 bits per heavy atom. The molecule has 2 heterocycles. The number of carbonyl (C=O) groups is 2. The van der Waals surface area contributed by atoms with Gasteiger partial charge in [-0.05, 0) is 30.4 Å². The SMILES string of the molecule is Cc1ccsc1CCNC(=O)N1C[C@@H](C(F)(F)F)[C@H](C(=O)O)C1. The number of nitrogens with one attached hydrogen (secondary N) is 1. The van der Waals surface area contributed by atoms with Crippen LogP contribution in [0.3, 0.4) is 0 Å². The Labute approximate surface area is 135 Å². The van der Waals surface area contributed by atoms with Crippen molar-refractivity contribution in [3.8, 4) is 0 Å². The van der Waals surface area contributed by atoms with Gasteiger partial charge in [-0.3, -0.25) is 4.79 Å². The van der Waals surface area contributed by atoms with Crippen LogP contribution >= 0.6 is 11.3 Å². The summed E-state index contributed by atoms with van der Waals surface area (Å²) in [5.74, 6) is -5.16. The van der Waals surface area contributed by atoms with Crippen LogP contribution in [-0.4, -0.2) is 47.8 Å². The molecule has 0 unspecified atom stereocenters. The van der Waals surface area contributed by atoms with Crippen molar-refractivity contribution in [2.24, 2.45) is 11.8 Å². The predicted molar refractivity (Wildman–Crippen MR) is 78.4 cm³/mol. The summed E-state index contributed by atoms with van der Waals surface area (Å²) < 4.78 is 38.6. The van der Waals surface area contributed by atoms with E-state index in [-0.39, 0.29) is 0 Å². The number of carbonyl (C=O) groups excluding carboxylic acids is 1. The van der Waals surface area contributed by atoms with Gasteiger partial charge in [0.1, 0.15) is 0 Å². The molecule has 2 rings (SSSR count). The maximum Gasteiger partial charge on any atom is 0.394 e. The summed E-state index contributed by atoms with van der Waals surface area (Å²) in [6, 6.07) is 1.30. The summed E-state index contributed by atoms with van der Waals surface area (Å²) in [4.78, 5) is 25.0. The van der Waals surface area contributed by atoms with Crippen LogP contribution in [0, 0.1) is 18.8 Å². The quantitative estimate of drug-likeness (QED) is 0.877. The average Bonchev–Trinajstić information content (AvgIpc) is 3.05. The second kappa shape index (κ2) is 6.77. The molecule has 2 N–H and O–H groups in total. The van der Waals surface area contributed by atoms with Crippen LogP contribution in [0.25, 0.3) is 0 Å². The van der Waals surface area contributed by atoms with Gasteiger partial charge in [-0.2, -0.15) is 13.2 Å². The van der Waals surface area contributed by atoms with Gasteiger partial charge >= 0.3 is 18.2 Å². The summed E-state index contributed by atoms with van der Waals surface area (Å²) in [6.07, 6.45) is -4.04. The lowest BCUT2D eigenvalue weighted by atomic mass is 9.96. The van der Waals surface area contributed by atoms with Crippen molar-refractivity contribution in [2.75, 3.05) is 19.6 Å². The lowest BCUT2D eigenvalue weighted by Crippen LogP contribution is -2.40. The number of alkyl halides is 3. The van der Waals surface area contributed by atoms with E-state index in [9.17, 15) is 22.8 Å². The molecule has 0 bridgehead atoms. The van der Waals surface area contributed by atoms with Crippen LogP contribution in [0.2, 0.25) is 0 Å². The van der Waals surface area contributed by atoms with E-state index in [1.54, 1.807) is 11.3 Å². The zero-order valence-electron chi connectivity index (χ0n) is 12.4. The van der Waals surface area contributed by atoms with Crippen LogP contribution in [0.1, 0.15) is 10.4 Å². The van der Waals surface area contributed by atoms with Gasteiger partial charge in [0, 0.05) is 24.5 Å². The van der Waals surface area contributed by atoms with Crippen LogP contribution in [0.15, 0.2) is 11.4 Å².